The van der Waals surface area contributed by atoms with Crippen molar-refractivity contribution in [2.45, 2.75) is 6.42 Å². The van der Waals surface area contributed by atoms with Crippen molar-refractivity contribution in [3.63, 3.8) is 0 Å². The van der Waals surface area contributed by atoms with Crippen molar-refractivity contribution in [1.82, 2.24) is 4.98 Å². The molecule has 1 aromatic rings. The Bertz CT molecular complexity index is 368. The Balaban J connectivity index is 2.94. The van der Waals surface area contributed by atoms with Crippen molar-refractivity contribution < 1.29 is 4.74 Å². The van der Waals surface area contributed by atoms with Gasteiger partial charge >= 0.3 is 0 Å². The van der Waals surface area contributed by atoms with Gasteiger partial charge in [-0.3, -0.25) is 0 Å². The van der Waals surface area contributed by atoms with Crippen LogP contribution in [0.2, 0.25) is 5.02 Å². The van der Waals surface area contributed by atoms with E-state index in [2.05, 4.69) is 16.8 Å². The minimum absolute atomic E-state index is 0.483. The van der Waals surface area contributed by atoms with Crippen LogP contribution >= 0.6 is 23.2 Å². The normalized spacial score (nSPS) is 9.07. The lowest BCUT2D eigenvalue weighted by atomic mass is 10.2. The van der Waals surface area contributed by atoms with E-state index < -0.39 is 0 Å². The third kappa shape index (κ3) is 3.10. The van der Waals surface area contributed by atoms with Crippen molar-refractivity contribution in [2.24, 2.45) is 0 Å². The molecule has 0 fully saturated rings. The zero-order valence-electron chi connectivity index (χ0n) is 7.68. The number of aromatic nitrogens is 1. The second-order valence-corrected chi connectivity index (χ2v) is 3.27. The molecule has 1 heterocycles. The van der Waals surface area contributed by atoms with Crippen LogP contribution in [0.5, 0.6) is 5.88 Å². The summed E-state index contributed by atoms with van der Waals surface area (Å²) >= 11 is 11.3. The molecule has 0 aliphatic carbocycles. The molecule has 74 valence electrons. The van der Waals surface area contributed by atoms with Gasteiger partial charge < -0.3 is 4.74 Å². The van der Waals surface area contributed by atoms with Gasteiger partial charge in [-0.1, -0.05) is 23.4 Å². The highest BCUT2D eigenvalue weighted by molar-refractivity contribution is 6.30. The van der Waals surface area contributed by atoms with Gasteiger partial charge in [0.05, 0.1) is 17.7 Å². The molecule has 0 saturated heterocycles. The van der Waals surface area contributed by atoms with Crippen LogP contribution in [0, 0.1) is 11.8 Å². The number of hydrogen-bond donors (Lipinski definition) is 0. The summed E-state index contributed by atoms with van der Waals surface area (Å²) in [5, 5.41) is 0.543. The molecule has 0 aliphatic rings. The molecule has 0 radical (unpaired) electrons. The molecule has 2 nitrogen and oxygen atoms in total. The minimum atomic E-state index is 0.483. The average molecular weight is 230 g/mol. The van der Waals surface area contributed by atoms with Crippen LogP contribution in [0.3, 0.4) is 0 Å². The maximum Gasteiger partial charge on any atom is 0.229 e. The van der Waals surface area contributed by atoms with E-state index in [1.54, 1.807) is 13.2 Å². The van der Waals surface area contributed by atoms with E-state index in [4.69, 9.17) is 27.9 Å². The van der Waals surface area contributed by atoms with E-state index in [9.17, 15) is 0 Å². The summed E-state index contributed by atoms with van der Waals surface area (Å²) in [6.45, 7) is 0. The van der Waals surface area contributed by atoms with Gasteiger partial charge in [-0.05, 0) is 6.07 Å². The summed E-state index contributed by atoms with van der Waals surface area (Å²) in [4.78, 5) is 3.99. The lowest BCUT2D eigenvalue weighted by molar-refractivity contribution is 0.396. The number of halogens is 2. The van der Waals surface area contributed by atoms with Gasteiger partial charge in [0, 0.05) is 18.5 Å². The van der Waals surface area contributed by atoms with E-state index in [-0.39, 0.29) is 0 Å². The molecular weight excluding hydrogens is 221 g/mol. The maximum atomic E-state index is 5.77. The Labute approximate surface area is 93.2 Å². The molecule has 1 rings (SSSR count). The second-order valence-electron chi connectivity index (χ2n) is 2.45. The zero-order valence-corrected chi connectivity index (χ0v) is 9.19. The first-order chi connectivity index (χ1) is 6.77. The van der Waals surface area contributed by atoms with Crippen molar-refractivity contribution in [1.29, 1.82) is 0 Å². The SMILES string of the molecule is COc1ncc(Cl)cc1C#CCCCl. The molecule has 0 aliphatic heterocycles. The average Bonchev–Trinajstić information content (AvgIpc) is 2.19. The fraction of sp³-hybridized carbons (Fsp3) is 0.300. The van der Waals surface area contributed by atoms with Crippen LogP contribution < -0.4 is 4.74 Å². The smallest absolute Gasteiger partial charge is 0.229 e. The monoisotopic (exact) mass is 229 g/mol. The fourth-order valence-corrected chi connectivity index (χ4v) is 1.14. The predicted octanol–water partition coefficient (Wildman–Crippen LogP) is 2.72. The molecule has 0 saturated carbocycles. The number of methoxy groups -OCH3 is 1. The largest absolute Gasteiger partial charge is 0.480 e. The summed E-state index contributed by atoms with van der Waals surface area (Å²) < 4.78 is 5.03. The highest BCUT2D eigenvalue weighted by Gasteiger charge is 2.01. The molecule has 4 heteroatoms. The molecular formula is C10H9Cl2NO. The number of ether oxygens (including phenoxy) is 1. The Morgan fingerprint density at radius 2 is 2.36 bits per heavy atom. The second kappa shape index (κ2) is 5.74. The highest BCUT2D eigenvalue weighted by Crippen LogP contribution is 2.17. The maximum absolute atomic E-state index is 5.77. The first kappa shape index (κ1) is 11.2. The van der Waals surface area contributed by atoms with E-state index in [1.165, 1.54) is 6.20 Å². The summed E-state index contributed by atoms with van der Waals surface area (Å²) in [5.41, 5.74) is 0.685. The Morgan fingerprint density at radius 3 is 3.00 bits per heavy atom. The van der Waals surface area contributed by atoms with Crippen LogP contribution in [-0.4, -0.2) is 18.0 Å². The molecule has 14 heavy (non-hydrogen) atoms. The Kier molecular flexibility index (Phi) is 4.58. The molecule has 0 amide bonds. The molecule has 0 aromatic carbocycles. The van der Waals surface area contributed by atoms with Gasteiger partial charge in [0.15, 0.2) is 0 Å². The minimum Gasteiger partial charge on any atom is -0.480 e. The van der Waals surface area contributed by atoms with Crippen LogP contribution in [0.4, 0.5) is 0 Å². The van der Waals surface area contributed by atoms with E-state index in [0.29, 0.717) is 28.8 Å². The molecule has 0 N–H and O–H groups in total. The van der Waals surface area contributed by atoms with Crippen molar-refractivity contribution >= 4 is 23.2 Å². The first-order valence-corrected chi connectivity index (χ1v) is 4.93. The van der Waals surface area contributed by atoms with Crippen LogP contribution in [0.15, 0.2) is 12.3 Å². The van der Waals surface area contributed by atoms with Crippen LogP contribution in [0.1, 0.15) is 12.0 Å². The van der Waals surface area contributed by atoms with Gasteiger partial charge in [-0.2, -0.15) is 0 Å². The summed E-state index contributed by atoms with van der Waals surface area (Å²) in [6.07, 6.45) is 2.16. The van der Waals surface area contributed by atoms with Gasteiger partial charge in [-0.25, -0.2) is 4.98 Å². The quantitative estimate of drug-likeness (QED) is 0.575. The predicted molar refractivity (Wildman–Crippen MR) is 58.0 cm³/mol. The third-order valence-electron chi connectivity index (χ3n) is 1.45. The third-order valence-corrected chi connectivity index (χ3v) is 1.85. The molecule has 0 unspecified atom stereocenters. The molecule has 1 aromatic heterocycles. The summed E-state index contributed by atoms with van der Waals surface area (Å²) in [7, 11) is 1.54. The fourth-order valence-electron chi connectivity index (χ4n) is 0.884. The van der Waals surface area contributed by atoms with E-state index in [1.807, 2.05) is 0 Å². The van der Waals surface area contributed by atoms with Crippen molar-refractivity contribution in [2.75, 3.05) is 13.0 Å². The van der Waals surface area contributed by atoms with Crippen LogP contribution in [0.25, 0.3) is 0 Å². The molecule has 0 atom stereocenters. The number of alkyl halides is 1. The number of pyridine rings is 1. The number of rotatable bonds is 2. The number of nitrogens with zero attached hydrogens (tertiary/aromatic N) is 1. The van der Waals surface area contributed by atoms with Crippen molar-refractivity contribution in [3.8, 4) is 17.7 Å². The summed E-state index contributed by atoms with van der Waals surface area (Å²) in [5.74, 6) is 6.79. The van der Waals surface area contributed by atoms with E-state index >= 15 is 0 Å². The highest BCUT2D eigenvalue weighted by atomic mass is 35.5. The molecule has 0 bridgehead atoms. The van der Waals surface area contributed by atoms with E-state index in [0.717, 1.165) is 0 Å². The molecule has 0 spiro atoms. The lowest BCUT2D eigenvalue weighted by Crippen LogP contribution is -1.91. The van der Waals surface area contributed by atoms with Gasteiger partial charge in [0.1, 0.15) is 0 Å². The first-order valence-electron chi connectivity index (χ1n) is 4.02. The van der Waals surface area contributed by atoms with Crippen LogP contribution in [-0.2, 0) is 0 Å². The summed E-state index contributed by atoms with van der Waals surface area (Å²) in [6, 6.07) is 1.72. The Morgan fingerprint density at radius 1 is 1.57 bits per heavy atom. The Hall–Kier alpha value is -0.910. The topological polar surface area (TPSA) is 22.1 Å². The number of hydrogen-bond acceptors (Lipinski definition) is 2. The van der Waals surface area contributed by atoms with Gasteiger partial charge in [-0.15, -0.1) is 11.6 Å². The lowest BCUT2D eigenvalue weighted by Gasteiger charge is -2.00. The van der Waals surface area contributed by atoms with Crippen molar-refractivity contribution in [3.05, 3.63) is 22.8 Å². The standard InChI is InChI=1S/C10H9Cl2NO/c1-14-10-8(4-2-3-5-11)6-9(12)7-13-10/h6-7H,3,5H2,1H3. The zero-order chi connectivity index (χ0) is 10.4. The van der Waals surface area contributed by atoms with Gasteiger partial charge in [0.2, 0.25) is 5.88 Å². The van der Waals surface area contributed by atoms with Gasteiger partial charge in [0.25, 0.3) is 0 Å².